The second kappa shape index (κ2) is 12.6. The Morgan fingerprint density at radius 1 is 0.938 bits per heavy atom. The minimum Gasteiger partial charge on any atom is -0.493 e. The van der Waals surface area contributed by atoms with Crippen LogP contribution in [0.5, 0.6) is 17.2 Å². The molecule has 2 aromatic rings. The number of hydrogen-bond donors (Lipinski definition) is 1. The molecule has 0 bridgehead atoms. The van der Waals surface area contributed by atoms with Crippen molar-refractivity contribution in [3.05, 3.63) is 53.1 Å². The lowest BCUT2D eigenvalue weighted by Crippen LogP contribution is -2.38. The average molecular weight is 463 g/mol. The van der Waals surface area contributed by atoms with Crippen LogP contribution in [0.2, 0.25) is 0 Å². The summed E-state index contributed by atoms with van der Waals surface area (Å²) in [6.45, 7) is 4.74. The summed E-state index contributed by atoms with van der Waals surface area (Å²) in [5.74, 6) is 1.25. The summed E-state index contributed by atoms with van der Waals surface area (Å²) in [4.78, 5) is 15.5. The smallest absolute Gasteiger partial charge is 0.251 e. The first-order valence-electron chi connectivity index (χ1n) is 11.0. The van der Waals surface area contributed by atoms with Gasteiger partial charge >= 0.3 is 0 Å². The van der Waals surface area contributed by atoms with Gasteiger partial charge in [-0.15, -0.1) is 12.4 Å². The van der Waals surface area contributed by atoms with E-state index in [1.807, 2.05) is 0 Å². The van der Waals surface area contributed by atoms with Crippen LogP contribution in [0.15, 0.2) is 36.4 Å². The highest BCUT2D eigenvalue weighted by atomic mass is 35.5. The molecule has 0 saturated carbocycles. The van der Waals surface area contributed by atoms with Crippen molar-refractivity contribution < 1.29 is 19.0 Å². The second-order valence-corrected chi connectivity index (χ2v) is 8.00. The molecule has 1 N–H and O–H groups in total. The van der Waals surface area contributed by atoms with Crippen LogP contribution in [-0.4, -0.2) is 51.8 Å². The lowest BCUT2D eigenvalue weighted by Gasteiger charge is -2.31. The number of hydrogen-bond acceptors (Lipinski definition) is 5. The Morgan fingerprint density at radius 2 is 1.50 bits per heavy atom. The molecule has 1 amide bonds. The second-order valence-electron chi connectivity index (χ2n) is 8.00. The van der Waals surface area contributed by atoms with E-state index in [2.05, 4.69) is 41.4 Å². The Bertz CT molecular complexity index is 840. The SMILES string of the molecule is COc1cc(C(=O)NCC(c2ccc(C)cc2)N2CCCCCC2)cc(OC)c1OC.Cl. The summed E-state index contributed by atoms with van der Waals surface area (Å²) in [6.07, 6.45) is 4.94. The molecule has 0 aromatic heterocycles. The number of amides is 1. The van der Waals surface area contributed by atoms with Gasteiger partial charge in [0.1, 0.15) is 0 Å². The number of benzene rings is 2. The Morgan fingerprint density at radius 3 is 2.00 bits per heavy atom. The van der Waals surface area contributed by atoms with Crippen LogP contribution < -0.4 is 19.5 Å². The largest absolute Gasteiger partial charge is 0.493 e. The van der Waals surface area contributed by atoms with Crippen LogP contribution in [-0.2, 0) is 0 Å². The van der Waals surface area contributed by atoms with Crippen LogP contribution in [0.4, 0.5) is 0 Å². The first kappa shape index (κ1) is 25.8. The molecule has 1 saturated heterocycles. The van der Waals surface area contributed by atoms with E-state index in [1.165, 1.54) is 36.8 Å². The summed E-state index contributed by atoms with van der Waals surface area (Å²) < 4.78 is 16.1. The molecule has 1 atom stereocenters. The highest BCUT2D eigenvalue weighted by Gasteiger charge is 2.23. The number of methoxy groups -OCH3 is 3. The maximum Gasteiger partial charge on any atom is 0.251 e. The van der Waals surface area contributed by atoms with Crippen molar-refractivity contribution >= 4 is 18.3 Å². The number of carbonyl (C=O) groups excluding carboxylic acids is 1. The van der Waals surface area contributed by atoms with Crippen LogP contribution in [0.3, 0.4) is 0 Å². The topological polar surface area (TPSA) is 60.0 Å². The molecule has 0 aliphatic carbocycles. The van der Waals surface area contributed by atoms with Crippen molar-refractivity contribution in [1.82, 2.24) is 10.2 Å². The first-order chi connectivity index (χ1) is 15.1. The summed E-state index contributed by atoms with van der Waals surface area (Å²) in [6, 6.07) is 12.1. The van der Waals surface area contributed by atoms with Gasteiger partial charge in [0.05, 0.1) is 27.4 Å². The number of carbonyl (C=O) groups is 1. The highest BCUT2D eigenvalue weighted by molar-refractivity contribution is 5.95. The number of rotatable bonds is 8. The molecule has 1 heterocycles. The van der Waals surface area contributed by atoms with Gasteiger partial charge in [-0.25, -0.2) is 0 Å². The molecule has 0 radical (unpaired) electrons. The predicted octanol–water partition coefficient (Wildman–Crippen LogP) is 4.79. The normalized spacial score (nSPS) is 15.1. The number of halogens is 1. The van der Waals surface area contributed by atoms with Crippen LogP contribution >= 0.6 is 12.4 Å². The van der Waals surface area contributed by atoms with Crippen molar-refractivity contribution in [1.29, 1.82) is 0 Å². The number of nitrogens with zero attached hydrogens (tertiary/aromatic N) is 1. The zero-order chi connectivity index (χ0) is 22.2. The monoisotopic (exact) mass is 462 g/mol. The fraction of sp³-hybridized carbons (Fsp3) is 0.480. The van der Waals surface area contributed by atoms with Gasteiger partial charge in [0, 0.05) is 12.1 Å². The van der Waals surface area contributed by atoms with Gasteiger partial charge in [0.2, 0.25) is 5.75 Å². The maximum absolute atomic E-state index is 13.0. The lowest BCUT2D eigenvalue weighted by atomic mass is 10.0. The third-order valence-corrected chi connectivity index (χ3v) is 5.93. The standard InChI is InChI=1S/C25H34N2O4.ClH/c1-18-9-11-19(12-10-18)21(27-13-7-5-6-8-14-27)17-26-25(28)20-15-22(29-2)24(31-4)23(16-20)30-3;/h9-12,15-16,21H,5-8,13-14,17H2,1-4H3,(H,26,28);1H. The molecular formula is C25H35ClN2O4. The van der Waals surface area contributed by atoms with Crippen molar-refractivity contribution in [2.24, 2.45) is 0 Å². The van der Waals surface area contributed by atoms with Crippen LogP contribution in [0.1, 0.15) is 53.2 Å². The predicted molar refractivity (Wildman–Crippen MR) is 130 cm³/mol. The van der Waals surface area contributed by atoms with Crippen molar-refractivity contribution in [2.75, 3.05) is 41.0 Å². The van der Waals surface area contributed by atoms with E-state index in [9.17, 15) is 4.79 Å². The van der Waals surface area contributed by atoms with Gasteiger partial charge in [0.15, 0.2) is 11.5 Å². The molecule has 1 unspecified atom stereocenters. The summed E-state index contributed by atoms with van der Waals surface area (Å²) >= 11 is 0. The van der Waals surface area contributed by atoms with E-state index in [0.717, 1.165) is 13.1 Å². The molecule has 32 heavy (non-hydrogen) atoms. The average Bonchev–Trinajstić information content (AvgIpc) is 3.08. The van der Waals surface area contributed by atoms with E-state index >= 15 is 0 Å². The van der Waals surface area contributed by atoms with E-state index in [1.54, 1.807) is 33.5 Å². The molecule has 176 valence electrons. The van der Waals surface area contributed by atoms with Crippen molar-refractivity contribution in [3.63, 3.8) is 0 Å². The number of aryl methyl sites for hydroxylation is 1. The molecule has 0 spiro atoms. The van der Waals surface area contributed by atoms with Gasteiger partial charge in [0.25, 0.3) is 5.91 Å². The maximum atomic E-state index is 13.0. The van der Waals surface area contributed by atoms with Gasteiger partial charge in [-0.3, -0.25) is 9.69 Å². The molecule has 1 aliphatic rings. The van der Waals surface area contributed by atoms with Gasteiger partial charge in [-0.05, 0) is 50.6 Å². The molecular weight excluding hydrogens is 428 g/mol. The molecule has 6 nitrogen and oxygen atoms in total. The van der Waals surface area contributed by atoms with Gasteiger partial charge in [-0.2, -0.15) is 0 Å². The van der Waals surface area contributed by atoms with E-state index < -0.39 is 0 Å². The summed E-state index contributed by atoms with van der Waals surface area (Å²) in [5.41, 5.74) is 2.95. The van der Waals surface area contributed by atoms with E-state index in [-0.39, 0.29) is 24.4 Å². The minimum atomic E-state index is -0.161. The van der Waals surface area contributed by atoms with E-state index in [4.69, 9.17) is 14.2 Å². The Kier molecular flexibility index (Phi) is 10.1. The summed E-state index contributed by atoms with van der Waals surface area (Å²) in [7, 11) is 4.64. The Hall–Kier alpha value is -2.44. The molecule has 1 fully saturated rings. The van der Waals surface area contributed by atoms with Crippen molar-refractivity contribution in [2.45, 2.75) is 38.6 Å². The summed E-state index contributed by atoms with van der Waals surface area (Å²) in [5, 5.41) is 3.14. The van der Waals surface area contributed by atoms with Crippen LogP contribution in [0.25, 0.3) is 0 Å². The molecule has 7 heteroatoms. The van der Waals surface area contributed by atoms with Crippen molar-refractivity contribution in [3.8, 4) is 17.2 Å². The highest BCUT2D eigenvalue weighted by Crippen LogP contribution is 2.38. The van der Waals surface area contributed by atoms with Gasteiger partial charge < -0.3 is 19.5 Å². The first-order valence-corrected chi connectivity index (χ1v) is 11.0. The minimum absolute atomic E-state index is 0. The van der Waals surface area contributed by atoms with Crippen LogP contribution in [0, 0.1) is 6.92 Å². The molecule has 2 aromatic carbocycles. The Labute approximate surface area is 197 Å². The van der Waals surface area contributed by atoms with E-state index in [0.29, 0.717) is 29.4 Å². The third-order valence-electron chi connectivity index (χ3n) is 5.93. The molecule has 3 rings (SSSR count). The number of likely N-dealkylation sites (tertiary alicyclic amines) is 1. The zero-order valence-electron chi connectivity index (χ0n) is 19.5. The third kappa shape index (κ3) is 6.30. The number of ether oxygens (including phenoxy) is 3. The lowest BCUT2D eigenvalue weighted by molar-refractivity contribution is 0.0932. The molecule has 1 aliphatic heterocycles. The Balaban J connectivity index is 0.00000363. The van der Waals surface area contributed by atoms with Gasteiger partial charge in [-0.1, -0.05) is 42.7 Å². The fourth-order valence-corrected chi connectivity index (χ4v) is 4.16. The quantitative estimate of drug-likeness (QED) is 0.611. The fourth-order valence-electron chi connectivity index (χ4n) is 4.16. The zero-order valence-corrected chi connectivity index (χ0v) is 20.3. The number of nitrogens with one attached hydrogen (secondary N) is 1.